The van der Waals surface area contributed by atoms with Crippen molar-refractivity contribution in [2.24, 2.45) is 11.3 Å². The van der Waals surface area contributed by atoms with Crippen LogP contribution in [0.2, 0.25) is 0 Å². The van der Waals surface area contributed by atoms with Crippen LogP contribution in [-0.4, -0.2) is 60.2 Å². The summed E-state index contributed by atoms with van der Waals surface area (Å²) >= 11 is 0. The van der Waals surface area contributed by atoms with Crippen molar-refractivity contribution < 1.29 is 24.3 Å². The number of hydroxylamine groups is 1. The molecule has 2 heterocycles. The average molecular weight is 413 g/mol. The van der Waals surface area contributed by atoms with Crippen LogP contribution in [0.3, 0.4) is 0 Å². The van der Waals surface area contributed by atoms with Crippen molar-refractivity contribution >= 4 is 23.4 Å². The molecule has 2 fully saturated rings. The molecule has 0 radical (unpaired) electrons. The number of ether oxygens (including phenoxy) is 1. The van der Waals surface area contributed by atoms with Gasteiger partial charge in [0.05, 0.1) is 19.1 Å². The van der Waals surface area contributed by atoms with Gasteiger partial charge in [-0.2, -0.15) is 0 Å². The van der Waals surface area contributed by atoms with Gasteiger partial charge in [0.1, 0.15) is 6.04 Å². The molecular formula is C22H27N3O5. The highest BCUT2D eigenvalue weighted by Gasteiger charge is 2.57. The summed E-state index contributed by atoms with van der Waals surface area (Å²) in [7, 11) is 1.27. The number of Topliss-reactive ketones (excluding diaryl/α,β-unsaturated/α-hetero) is 1. The van der Waals surface area contributed by atoms with E-state index in [0.717, 1.165) is 24.0 Å². The predicted octanol–water partition coefficient (Wildman–Crippen LogP) is 1.74. The molecule has 2 amide bonds. The first-order chi connectivity index (χ1) is 14.5. The van der Waals surface area contributed by atoms with E-state index in [-0.39, 0.29) is 11.2 Å². The minimum absolute atomic E-state index is 0.169. The third-order valence-corrected chi connectivity index (χ3v) is 6.61. The number of methoxy groups -OCH3 is 1. The lowest BCUT2D eigenvalue weighted by Gasteiger charge is -2.44. The Kier molecular flexibility index (Phi) is 5.62. The molecule has 0 bridgehead atoms. The van der Waals surface area contributed by atoms with Crippen molar-refractivity contribution in [3.05, 3.63) is 42.0 Å². The quantitative estimate of drug-likeness (QED) is 0.513. The van der Waals surface area contributed by atoms with Gasteiger partial charge in [0.2, 0.25) is 5.91 Å². The second-order valence-electron chi connectivity index (χ2n) is 8.49. The molecule has 1 aliphatic carbocycles. The number of piperidine rings is 1. The summed E-state index contributed by atoms with van der Waals surface area (Å²) in [6.45, 7) is 0.909. The molecule has 1 saturated heterocycles. The number of likely N-dealkylation sites (tertiary alicyclic amines) is 1. The number of hydrogen-bond donors (Lipinski definition) is 3. The number of carbonyl (C=O) groups is 3. The first kappa shape index (κ1) is 20.6. The number of ketones is 1. The van der Waals surface area contributed by atoms with E-state index in [0.29, 0.717) is 25.9 Å². The minimum atomic E-state index is -0.983. The van der Waals surface area contributed by atoms with Gasteiger partial charge in [0.25, 0.3) is 0 Å². The summed E-state index contributed by atoms with van der Waals surface area (Å²) in [6.07, 6.45) is 4.14. The molecule has 1 aromatic carbocycles. The van der Waals surface area contributed by atoms with E-state index in [1.54, 1.807) is 5.48 Å². The summed E-state index contributed by atoms with van der Waals surface area (Å²) in [4.78, 5) is 40.1. The van der Waals surface area contributed by atoms with Gasteiger partial charge in [-0.05, 0) is 42.2 Å². The fourth-order valence-corrected chi connectivity index (χ4v) is 4.82. The smallest absolute Gasteiger partial charge is 0.410 e. The van der Waals surface area contributed by atoms with Crippen LogP contribution in [0.1, 0.15) is 31.2 Å². The number of carbonyl (C=O) groups excluding carboxylic acids is 3. The maximum Gasteiger partial charge on any atom is 0.410 e. The first-order valence-electron chi connectivity index (χ1n) is 10.3. The fourth-order valence-electron chi connectivity index (χ4n) is 4.82. The molecule has 160 valence electrons. The summed E-state index contributed by atoms with van der Waals surface area (Å²) in [5, 5.41) is 12.5. The normalized spacial score (nSPS) is 27.2. The molecule has 3 N–H and O–H groups in total. The highest BCUT2D eigenvalue weighted by Crippen LogP contribution is 2.55. The van der Waals surface area contributed by atoms with Gasteiger partial charge in [0.15, 0.2) is 5.78 Å². The lowest BCUT2D eigenvalue weighted by molar-refractivity contribution is -0.144. The van der Waals surface area contributed by atoms with E-state index >= 15 is 0 Å². The topological polar surface area (TPSA) is 108 Å². The minimum Gasteiger partial charge on any atom is -0.453 e. The monoisotopic (exact) mass is 413 g/mol. The van der Waals surface area contributed by atoms with Gasteiger partial charge < -0.3 is 10.1 Å². The molecular weight excluding hydrogens is 386 g/mol. The molecule has 30 heavy (non-hydrogen) atoms. The van der Waals surface area contributed by atoms with Gasteiger partial charge in [-0.1, -0.05) is 36.4 Å². The molecule has 0 aromatic heterocycles. The van der Waals surface area contributed by atoms with Gasteiger partial charge >= 0.3 is 6.09 Å². The highest BCUT2D eigenvalue weighted by molar-refractivity contribution is 5.98. The highest BCUT2D eigenvalue weighted by atomic mass is 16.5. The third kappa shape index (κ3) is 3.85. The largest absolute Gasteiger partial charge is 0.453 e. The number of nitrogens with one attached hydrogen (secondary N) is 2. The standard InChI is InChI=1S/C22H27N3O5/c1-30-21(28)25-13-22(8-9-22)12-16(20(27)24-29)18(25)19(26)17-11-15(7-10-23-17)14-5-3-2-4-6-14/h2-7,16-18,23,29H,8-13H2,1H3,(H,24,27)/t16-,17?,18-/m0/s1. The van der Waals surface area contributed by atoms with Crippen molar-refractivity contribution in [2.75, 3.05) is 20.2 Å². The van der Waals surface area contributed by atoms with Gasteiger partial charge in [0, 0.05) is 13.1 Å². The van der Waals surface area contributed by atoms with Gasteiger partial charge in [-0.15, -0.1) is 0 Å². The maximum atomic E-state index is 13.6. The van der Waals surface area contributed by atoms with Crippen LogP contribution in [0.5, 0.6) is 0 Å². The van der Waals surface area contributed by atoms with Crippen LogP contribution < -0.4 is 10.8 Å². The number of amides is 2. The van der Waals surface area contributed by atoms with Crippen LogP contribution in [-0.2, 0) is 14.3 Å². The summed E-state index contributed by atoms with van der Waals surface area (Å²) in [5.41, 5.74) is 3.63. The molecule has 3 atom stereocenters. The number of benzene rings is 1. The Morgan fingerprint density at radius 2 is 1.97 bits per heavy atom. The third-order valence-electron chi connectivity index (χ3n) is 6.61. The average Bonchev–Trinajstić information content (AvgIpc) is 3.55. The van der Waals surface area contributed by atoms with Crippen molar-refractivity contribution in [3.8, 4) is 0 Å². The van der Waals surface area contributed by atoms with Crippen LogP contribution >= 0.6 is 0 Å². The Hall–Kier alpha value is -2.71. The number of nitrogens with zero attached hydrogens (tertiary/aromatic N) is 1. The van der Waals surface area contributed by atoms with Crippen LogP contribution in [0.4, 0.5) is 4.79 Å². The van der Waals surface area contributed by atoms with E-state index in [1.165, 1.54) is 12.0 Å². The molecule has 2 aliphatic heterocycles. The molecule has 8 heteroatoms. The Labute approximate surface area is 175 Å². The molecule has 4 rings (SSSR count). The lowest BCUT2D eigenvalue weighted by atomic mass is 9.76. The van der Waals surface area contributed by atoms with Crippen molar-refractivity contribution in [3.63, 3.8) is 0 Å². The maximum absolute atomic E-state index is 13.6. The van der Waals surface area contributed by atoms with E-state index in [1.807, 2.05) is 30.3 Å². The van der Waals surface area contributed by atoms with Crippen molar-refractivity contribution in [1.82, 2.24) is 15.7 Å². The fraction of sp³-hybridized carbons (Fsp3) is 0.500. The molecule has 1 unspecified atom stereocenters. The Morgan fingerprint density at radius 1 is 1.23 bits per heavy atom. The lowest BCUT2D eigenvalue weighted by Crippen LogP contribution is -2.62. The second kappa shape index (κ2) is 8.20. The Bertz CT molecular complexity index is 837. The summed E-state index contributed by atoms with van der Waals surface area (Å²) in [6, 6.07) is 8.32. The van der Waals surface area contributed by atoms with Crippen molar-refractivity contribution in [2.45, 2.75) is 37.8 Å². The van der Waals surface area contributed by atoms with Crippen molar-refractivity contribution in [1.29, 1.82) is 0 Å². The summed E-state index contributed by atoms with van der Waals surface area (Å²) < 4.78 is 4.94. The zero-order valence-corrected chi connectivity index (χ0v) is 17.0. The Balaban J connectivity index is 1.61. The molecule has 1 aromatic rings. The van der Waals surface area contributed by atoms with Crippen LogP contribution in [0.15, 0.2) is 36.4 Å². The van der Waals surface area contributed by atoms with E-state index in [4.69, 9.17) is 4.74 Å². The van der Waals surface area contributed by atoms with E-state index in [9.17, 15) is 19.6 Å². The first-order valence-corrected chi connectivity index (χ1v) is 10.3. The van der Waals surface area contributed by atoms with E-state index < -0.39 is 30.0 Å². The molecule has 1 spiro atoms. The molecule has 8 nitrogen and oxygen atoms in total. The van der Waals surface area contributed by atoms with Gasteiger partial charge in [-0.25, -0.2) is 10.3 Å². The molecule has 3 aliphatic rings. The number of hydrogen-bond acceptors (Lipinski definition) is 6. The zero-order valence-electron chi connectivity index (χ0n) is 17.0. The van der Waals surface area contributed by atoms with Gasteiger partial charge in [-0.3, -0.25) is 19.7 Å². The van der Waals surface area contributed by atoms with Crippen LogP contribution in [0.25, 0.3) is 5.57 Å². The van der Waals surface area contributed by atoms with E-state index in [2.05, 4.69) is 11.4 Å². The second-order valence-corrected chi connectivity index (χ2v) is 8.49. The molecule has 1 saturated carbocycles. The Morgan fingerprint density at radius 3 is 2.60 bits per heavy atom. The van der Waals surface area contributed by atoms with Crippen LogP contribution in [0, 0.1) is 11.3 Å². The number of rotatable bonds is 4. The summed E-state index contributed by atoms with van der Waals surface area (Å²) in [5.74, 6) is -1.68. The zero-order chi connectivity index (χ0) is 21.3. The predicted molar refractivity (Wildman–Crippen MR) is 108 cm³/mol. The SMILES string of the molecule is COC(=O)N1CC2(CC2)C[C@H](C(=O)NO)[C@H]1C(=O)C1CC(c2ccccc2)=CCN1.